The SMILES string of the molecule is CCc1ccccc1NC(=O)c1oc2c(c1C)-c1nn(Cc3c(F)cccc3Cl)cc1CC2. The van der Waals surface area contributed by atoms with Crippen molar-refractivity contribution in [3.8, 4) is 11.3 Å². The third kappa shape index (κ3) is 3.85. The maximum absolute atomic E-state index is 14.3. The maximum atomic E-state index is 14.3. The zero-order valence-corrected chi connectivity index (χ0v) is 19.2. The highest BCUT2D eigenvalue weighted by Gasteiger charge is 2.30. The second-order valence-corrected chi connectivity index (χ2v) is 8.63. The van der Waals surface area contributed by atoms with Crippen LogP contribution in [0.15, 0.2) is 53.1 Å². The first-order valence-corrected chi connectivity index (χ1v) is 11.3. The molecule has 0 bridgehead atoms. The Hall–Kier alpha value is -3.38. The fourth-order valence-corrected chi connectivity index (χ4v) is 4.66. The minimum Gasteiger partial charge on any atom is -0.455 e. The Labute approximate surface area is 196 Å². The van der Waals surface area contributed by atoms with Gasteiger partial charge < -0.3 is 9.73 Å². The van der Waals surface area contributed by atoms with E-state index in [1.54, 1.807) is 16.8 Å². The average molecular weight is 464 g/mol. The molecule has 0 saturated carbocycles. The molecule has 0 saturated heterocycles. The summed E-state index contributed by atoms with van der Waals surface area (Å²) in [6.45, 7) is 4.16. The van der Waals surface area contributed by atoms with E-state index in [-0.39, 0.29) is 18.3 Å². The topological polar surface area (TPSA) is 60.1 Å². The van der Waals surface area contributed by atoms with E-state index in [1.165, 1.54) is 6.07 Å². The lowest BCUT2D eigenvalue weighted by Crippen LogP contribution is -2.13. The molecule has 168 valence electrons. The molecule has 1 aliphatic carbocycles. The van der Waals surface area contributed by atoms with Crippen molar-refractivity contribution in [3.05, 3.63) is 93.3 Å². The Morgan fingerprint density at radius 2 is 2.03 bits per heavy atom. The third-order valence-corrected chi connectivity index (χ3v) is 6.50. The summed E-state index contributed by atoms with van der Waals surface area (Å²) in [4.78, 5) is 13.1. The number of benzene rings is 2. The number of carbonyl (C=O) groups excluding carboxylic acids is 1. The average Bonchev–Trinajstić information content (AvgIpc) is 3.37. The van der Waals surface area contributed by atoms with Crippen LogP contribution >= 0.6 is 11.6 Å². The smallest absolute Gasteiger partial charge is 0.291 e. The second-order valence-electron chi connectivity index (χ2n) is 8.22. The van der Waals surface area contributed by atoms with Gasteiger partial charge in [0.05, 0.1) is 12.2 Å². The van der Waals surface area contributed by atoms with Crippen molar-refractivity contribution in [1.29, 1.82) is 0 Å². The predicted molar refractivity (Wildman–Crippen MR) is 126 cm³/mol. The molecule has 33 heavy (non-hydrogen) atoms. The zero-order valence-electron chi connectivity index (χ0n) is 18.4. The highest BCUT2D eigenvalue weighted by molar-refractivity contribution is 6.31. The Balaban J connectivity index is 1.47. The Kier molecular flexibility index (Phi) is 5.54. The molecule has 1 aliphatic rings. The van der Waals surface area contributed by atoms with Crippen molar-refractivity contribution in [2.45, 2.75) is 39.7 Å². The third-order valence-electron chi connectivity index (χ3n) is 6.15. The first kappa shape index (κ1) is 21.5. The summed E-state index contributed by atoms with van der Waals surface area (Å²) in [5.74, 6) is 0.415. The molecular formula is C26H23ClFN3O2. The highest BCUT2D eigenvalue weighted by Crippen LogP contribution is 2.38. The fourth-order valence-electron chi connectivity index (χ4n) is 4.44. The number of halogens is 2. The molecule has 2 heterocycles. The van der Waals surface area contributed by atoms with Crippen molar-refractivity contribution in [3.63, 3.8) is 0 Å². The van der Waals surface area contributed by atoms with E-state index in [1.807, 2.05) is 44.3 Å². The summed E-state index contributed by atoms with van der Waals surface area (Å²) in [6.07, 6.45) is 4.15. The van der Waals surface area contributed by atoms with Gasteiger partial charge in [-0.1, -0.05) is 42.8 Å². The summed E-state index contributed by atoms with van der Waals surface area (Å²) >= 11 is 6.20. The molecule has 1 N–H and O–H groups in total. The van der Waals surface area contributed by atoms with Crippen molar-refractivity contribution in [1.82, 2.24) is 9.78 Å². The molecule has 0 aliphatic heterocycles. The van der Waals surface area contributed by atoms with E-state index in [9.17, 15) is 9.18 Å². The molecule has 2 aromatic carbocycles. The molecule has 4 aromatic rings. The quantitative estimate of drug-likeness (QED) is 0.383. The minimum atomic E-state index is -0.359. The Morgan fingerprint density at radius 1 is 1.21 bits per heavy atom. The number of anilines is 1. The monoisotopic (exact) mass is 463 g/mol. The Morgan fingerprint density at radius 3 is 2.82 bits per heavy atom. The number of carbonyl (C=O) groups is 1. The van der Waals surface area contributed by atoms with Crippen LogP contribution in [0.25, 0.3) is 11.3 Å². The summed E-state index contributed by atoms with van der Waals surface area (Å²) in [7, 11) is 0. The van der Waals surface area contributed by atoms with E-state index in [4.69, 9.17) is 21.1 Å². The predicted octanol–water partition coefficient (Wildman–Crippen LogP) is 6.21. The first-order valence-electron chi connectivity index (χ1n) is 11.0. The minimum absolute atomic E-state index is 0.228. The summed E-state index contributed by atoms with van der Waals surface area (Å²) in [6, 6.07) is 12.4. The fraction of sp³-hybridized carbons (Fsp3) is 0.231. The van der Waals surface area contributed by atoms with Crippen molar-refractivity contribution in [2.24, 2.45) is 0 Å². The molecule has 0 radical (unpaired) electrons. The number of fused-ring (bicyclic) bond motifs is 3. The summed E-state index contributed by atoms with van der Waals surface area (Å²) < 4.78 is 22.0. The standard InChI is InChI=1S/C26H23ClFN3O2/c1-3-16-7-4-5-10-21(16)29-26(32)25-15(2)23-22(33-25)12-11-17-13-31(30-24(17)23)14-18-19(27)8-6-9-20(18)28/h4-10,13H,3,11-12,14H2,1-2H3,(H,29,32). The molecule has 0 spiro atoms. The van der Waals surface area contributed by atoms with Crippen molar-refractivity contribution < 1.29 is 13.6 Å². The van der Waals surface area contributed by atoms with Gasteiger partial charge in [-0.25, -0.2) is 4.39 Å². The van der Waals surface area contributed by atoms with Gasteiger partial charge in [0, 0.05) is 40.0 Å². The van der Waals surface area contributed by atoms with Gasteiger partial charge in [0.15, 0.2) is 5.76 Å². The van der Waals surface area contributed by atoms with Gasteiger partial charge in [-0.05, 0) is 49.1 Å². The lowest BCUT2D eigenvalue weighted by atomic mass is 9.93. The molecule has 5 nitrogen and oxygen atoms in total. The van der Waals surface area contributed by atoms with Crippen LogP contribution < -0.4 is 5.32 Å². The van der Waals surface area contributed by atoms with Gasteiger partial charge >= 0.3 is 0 Å². The van der Waals surface area contributed by atoms with Crippen LogP contribution in [-0.4, -0.2) is 15.7 Å². The van der Waals surface area contributed by atoms with Crippen LogP contribution in [0.1, 0.15) is 45.5 Å². The number of nitrogens with one attached hydrogen (secondary N) is 1. The summed E-state index contributed by atoms with van der Waals surface area (Å²) in [5.41, 5.74) is 5.67. The molecule has 5 rings (SSSR count). The van der Waals surface area contributed by atoms with Crippen LogP contribution in [0.2, 0.25) is 5.02 Å². The van der Waals surface area contributed by atoms with Gasteiger partial charge in [-0.3, -0.25) is 9.48 Å². The van der Waals surface area contributed by atoms with Crippen LogP contribution in [0.5, 0.6) is 0 Å². The number of hydrogen-bond donors (Lipinski definition) is 1. The lowest BCUT2D eigenvalue weighted by molar-refractivity contribution is 0.0994. The molecule has 2 aromatic heterocycles. The first-order chi connectivity index (χ1) is 16.0. The van der Waals surface area contributed by atoms with E-state index in [0.29, 0.717) is 22.8 Å². The number of para-hydroxylation sites is 1. The molecule has 7 heteroatoms. The number of rotatable bonds is 5. The zero-order chi connectivity index (χ0) is 23.1. The van der Waals surface area contributed by atoms with Gasteiger partial charge in [0.25, 0.3) is 5.91 Å². The number of furan rings is 1. The second kappa shape index (κ2) is 8.52. The van der Waals surface area contributed by atoms with Gasteiger partial charge in [-0.15, -0.1) is 0 Å². The Bertz CT molecular complexity index is 1350. The largest absolute Gasteiger partial charge is 0.455 e. The van der Waals surface area contributed by atoms with Gasteiger partial charge in [0.2, 0.25) is 0 Å². The van der Waals surface area contributed by atoms with Gasteiger partial charge in [-0.2, -0.15) is 5.10 Å². The normalized spacial score (nSPS) is 12.4. The molecule has 0 fully saturated rings. The number of hydrogen-bond acceptors (Lipinski definition) is 3. The number of aryl methyl sites for hydroxylation is 3. The van der Waals surface area contributed by atoms with E-state index < -0.39 is 0 Å². The lowest BCUT2D eigenvalue weighted by Gasteiger charge is -2.09. The number of amides is 1. The number of nitrogens with zero attached hydrogens (tertiary/aromatic N) is 2. The number of aromatic nitrogens is 2. The molecule has 0 unspecified atom stereocenters. The molecular weight excluding hydrogens is 441 g/mol. The van der Waals surface area contributed by atoms with Crippen molar-refractivity contribution in [2.75, 3.05) is 5.32 Å². The van der Waals surface area contributed by atoms with Gasteiger partial charge in [0.1, 0.15) is 11.6 Å². The van der Waals surface area contributed by atoms with Crippen LogP contribution in [0, 0.1) is 12.7 Å². The summed E-state index contributed by atoms with van der Waals surface area (Å²) in [5, 5.41) is 8.07. The maximum Gasteiger partial charge on any atom is 0.291 e. The van der Waals surface area contributed by atoms with E-state index in [2.05, 4.69) is 5.32 Å². The highest BCUT2D eigenvalue weighted by atomic mass is 35.5. The van der Waals surface area contributed by atoms with E-state index in [0.717, 1.165) is 52.2 Å². The molecule has 0 atom stereocenters. The van der Waals surface area contributed by atoms with Crippen molar-refractivity contribution >= 4 is 23.2 Å². The van der Waals surface area contributed by atoms with Crippen LogP contribution in [0.3, 0.4) is 0 Å². The molecule has 1 amide bonds. The van der Waals surface area contributed by atoms with Crippen LogP contribution in [0.4, 0.5) is 10.1 Å². The van der Waals surface area contributed by atoms with E-state index >= 15 is 0 Å². The van der Waals surface area contributed by atoms with Crippen LogP contribution in [-0.2, 0) is 25.8 Å².